The molecule has 0 bridgehead atoms. The van der Waals surface area contributed by atoms with E-state index in [1.807, 2.05) is 53.5 Å². The van der Waals surface area contributed by atoms with Crippen LogP contribution in [0.2, 0.25) is 0 Å². The Kier molecular flexibility index (Phi) is 9.02. The fourth-order valence-corrected chi connectivity index (χ4v) is 3.12. The molecule has 0 aliphatic heterocycles. The van der Waals surface area contributed by atoms with Gasteiger partial charge in [0.05, 0.1) is 6.54 Å². The second-order valence-electron chi connectivity index (χ2n) is 9.42. The van der Waals surface area contributed by atoms with E-state index < -0.39 is 11.2 Å². The summed E-state index contributed by atoms with van der Waals surface area (Å²) in [6, 6.07) is 0.297. The molecule has 1 amide bonds. The first-order valence-electron chi connectivity index (χ1n) is 9.99. The second kappa shape index (κ2) is 10.3. The maximum Gasteiger partial charge on any atom is 0.407 e. The number of rotatable bonds is 7. The van der Waals surface area contributed by atoms with E-state index in [0.29, 0.717) is 0 Å². The van der Waals surface area contributed by atoms with Gasteiger partial charge in [0.2, 0.25) is 0 Å². The Morgan fingerprint density at radius 3 is 2.07 bits per heavy atom. The molecular formula is C20H39N3O4. The van der Waals surface area contributed by atoms with Crippen molar-refractivity contribution < 1.29 is 19.1 Å². The zero-order chi connectivity index (χ0) is 20.7. The van der Waals surface area contributed by atoms with Crippen LogP contribution in [-0.4, -0.2) is 66.9 Å². The van der Waals surface area contributed by atoms with Crippen LogP contribution >= 0.6 is 0 Å². The standard InChI is InChI=1S/C20H39N3O4/c1-19(2,3)26-17(24)14-23(7)13-12-21-15-10-8-9-11-16(15)22-18(25)27-20(4,5)6/h15-16,21H,8-14H2,1-7H3,(H,22,25)/t15-,16-/m1/s1. The van der Waals surface area contributed by atoms with Crippen molar-refractivity contribution in [3.8, 4) is 0 Å². The van der Waals surface area contributed by atoms with Crippen LogP contribution in [0.15, 0.2) is 0 Å². The summed E-state index contributed by atoms with van der Waals surface area (Å²) in [5.74, 6) is -0.216. The average Bonchev–Trinajstić information content (AvgIpc) is 2.44. The first-order valence-corrected chi connectivity index (χ1v) is 9.99. The third kappa shape index (κ3) is 11.2. The van der Waals surface area contributed by atoms with Gasteiger partial charge in [-0.1, -0.05) is 12.8 Å². The van der Waals surface area contributed by atoms with Crippen LogP contribution in [0.4, 0.5) is 4.79 Å². The number of ether oxygens (including phenoxy) is 2. The lowest BCUT2D eigenvalue weighted by atomic mass is 9.90. The highest BCUT2D eigenvalue weighted by molar-refractivity contribution is 5.72. The van der Waals surface area contributed by atoms with Crippen LogP contribution in [0.5, 0.6) is 0 Å². The number of nitrogens with zero attached hydrogens (tertiary/aromatic N) is 1. The predicted molar refractivity (Wildman–Crippen MR) is 107 cm³/mol. The zero-order valence-electron chi connectivity index (χ0n) is 18.2. The minimum atomic E-state index is -0.494. The molecule has 1 rings (SSSR count). The number of hydrogen-bond acceptors (Lipinski definition) is 6. The largest absolute Gasteiger partial charge is 0.459 e. The highest BCUT2D eigenvalue weighted by Gasteiger charge is 2.28. The monoisotopic (exact) mass is 385 g/mol. The quantitative estimate of drug-likeness (QED) is 0.656. The number of amides is 1. The molecule has 1 aliphatic rings. The van der Waals surface area contributed by atoms with Gasteiger partial charge in [0.15, 0.2) is 0 Å². The molecule has 0 aromatic rings. The Bertz CT molecular complexity index is 483. The molecule has 1 aliphatic carbocycles. The number of likely N-dealkylation sites (N-methyl/N-ethyl adjacent to an activating group) is 1. The molecule has 158 valence electrons. The summed E-state index contributed by atoms with van der Waals surface area (Å²) < 4.78 is 10.7. The van der Waals surface area contributed by atoms with Crippen LogP contribution in [0.1, 0.15) is 67.2 Å². The maximum atomic E-state index is 12.1. The van der Waals surface area contributed by atoms with Crippen molar-refractivity contribution in [1.29, 1.82) is 0 Å². The molecule has 7 nitrogen and oxygen atoms in total. The lowest BCUT2D eigenvalue weighted by Gasteiger charge is -2.34. The van der Waals surface area contributed by atoms with E-state index in [-0.39, 0.29) is 30.7 Å². The fraction of sp³-hybridized carbons (Fsp3) is 0.900. The molecule has 1 fully saturated rings. The Hall–Kier alpha value is -1.34. The zero-order valence-corrected chi connectivity index (χ0v) is 18.2. The minimum Gasteiger partial charge on any atom is -0.459 e. The van der Waals surface area contributed by atoms with Gasteiger partial charge in [0.25, 0.3) is 0 Å². The van der Waals surface area contributed by atoms with Crippen LogP contribution in [0.25, 0.3) is 0 Å². The molecule has 0 aromatic heterocycles. The van der Waals surface area contributed by atoms with Crippen molar-refractivity contribution in [2.24, 2.45) is 0 Å². The number of hydrogen-bond donors (Lipinski definition) is 2. The molecule has 2 N–H and O–H groups in total. The average molecular weight is 386 g/mol. The van der Waals surface area contributed by atoms with Gasteiger partial charge in [-0.05, 0) is 61.4 Å². The molecule has 0 heterocycles. The van der Waals surface area contributed by atoms with Gasteiger partial charge in [-0.15, -0.1) is 0 Å². The summed E-state index contributed by atoms with van der Waals surface area (Å²) in [4.78, 5) is 25.9. The molecular weight excluding hydrogens is 346 g/mol. The molecule has 2 atom stereocenters. The number of nitrogens with one attached hydrogen (secondary N) is 2. The summed E-state index contributed by atoms with van der Waals surface area (Å²) >= 11 is 0. The third-order valence-corrected chi connectivity index (χ3v) is 4.19. The Balaban J connectivity index is 2.38. The molecule has 0 radical (unpaired) electrons. The van der Waals surface area contributed by atoms with Crippen LogP contribution in [-0.2, 0) is 14.3 Å². The van der Waals surface area contributed by atoms with E-state index in [2.05, 4.69) is 10.6 Å². The van der Waals surface area contributed by atoms with Gasteiger partial charge in [-0.2, -0.15) is 0 Å². The van der Waals surface area contributed by atoms with Crippen molar-refractivity contribution in [3.63, 3.8) is 0 Å². The first kappa shape index (κ1) is 23.7. The van der Waals surface area contributed by atoms with Crippen LogP contribution < -0.4 is 10.6 Å². The lowest BCUT2D eigenvalue weighted by molar-refractivity contribution is -0.155. The predicted octanol–water partition coefficient (Wildman–Crippen LogP) is 2.69. The summed E-state index contributed by atoms with van der Waals surface area (Å²) in [5.41, 5.74) is -0.953. The highest BCUT2D eigenvalue weighted by atomic mass is 16.6. The van der Waals surface area contributed by atoms with Gasteiger partial charge in [-0.3, -0.25) is 9.69 Å². The van der Waals surface area contributed by atoms with Crippen molar-refractivity contribution in [2.75, 3.05) is 26.7 Å². The fourth-order valence-electron chi connectivity index (χ4n) is 3.12. The Morgan fingerprint density at radius 2 is 1.52 bits per heavy atom. The number of carbonyl (C=O) groups excluding carboxylic acids is 2. The molecule has 0 saturated heterocycles. The summed E-state index contributed by atoms with van der Waals surface area (Å²) in [6.07, 6.45) is 3.87. The van der Waals surface area contributed by atoms with E-state index in [0.717, 1.165) is 38.8 Å². The summed E-state index contributed by atoms with van der Waals surface area (Å²) in [5, 5.41) is 6.54. The van der Waals surface area contributed by atoms with Crippen molar-refractivity contribution in [2.45, 2.75) is 90.5 Å². The highest BCUT2D eigenvalue weighted by Crippen LogP contribution is 2.19. The molecule has 0 unspecified atom stereocenters. The van der Waals surface area contributed by atoms with E-state index in [1.165, 1.54) is 0 Å². The number of esters is 1. The lowest BCUT2D eigenvalue weighted by Crippen LogP contribution is -2.53. The third-order valence-electron chi connectivity index (χ3n) is 4.19. The SMILES string of the molecule is CN(CCN[C@@H]1CCCC[C@H]1NC(=O)OC(C)(C)C)CC(=O)OC(C)(C)C. The summed E-state index contributed by atoms with van der Waals surface area (Å²) in [6.45, 7) is 12.9. The first-order chi connectivity index (χ1) is 12.4. The smallest absolute Gasteiger partial charge is 0.407 e. The molecule has 0 spiro atoms. The van der Waals surface area contributed by atoms with Crippen LogP contribution in [0.3, 0.4) is 0 Å². The molecule has 0 aromatic carbocycles. The number of alkyl carbamates (subject to hydrolysis) is 1. The van der Waals surface area contributed by atoms with Crippen molar-refractivity contribution >= 4 is 12.1 Å². The summed E-state index contributed by atoms with van der Waals surface area (Å²) in [7, 11) is 1.91. The second-order valence-corrected chi connectivity index (χ2v) is 9.42. The van der Waals surface area contributed by atoms with Gasteiger partial charge in [0.1, 0.15) is 11.2 Å². The molecule has 1 saturated carbocycles. The molecule has 7 heteroatoms. The molecule has 27 heavy (non-hydrogen) atoms. The van der Waals surface area contributed by atoms with E-state index >= 15 is 0 Å². The maximum absolute atomic E-state index is 12.1. The van der Waals surface area contributed by atoms with Gasteiger partial charge >= 0.3 is 12.1 Å². The topological polar surface area (TPSA) is 79.9 Å². The van der Waals surface area contributed by atoms with E-state index in [9.17, 15) is 9.59 Å². The normalized spacial score (nSPS) is 21.0. The Labute approximate surface area is 164 Å². The number of carbonyl (C=O) groups is 2. The van der Waals surface area contributed by atoms with Crippen molar-refractivity contribution in [1.82, 2.24) is 15.5 Å². The van der Waals surface area contributed by atoms with Crippen LogP contribution in [0, 0.1) is 0 Å². The van der Waals surface area contributed by atoms with Crippen molar-refractivity contribution in [3.05, 3.63) is 0 Å². The Morgan fingerprint density at radius 1 is 0.963 bits per heavy atom. The van der Waals surface area contributed by atoms with Gasteiger partial charge in [0, 0.05) is 25.2 Å². The van der Waals surface area contributed by atoms with E-state index in [1.54, 1.807) is 0 Å². The minimum absolute atomic E-state index is 0.0739. The van der Waals surface area contributed by atoms with Gasteiger partial charge in [-0.25, -0.2) is 4.79 Å². The van der Waals surface area contributed by atoms with Gasteiger partial charge < -0.3 is 20.1 Å². The van der Waals surface area contributed by atoms with E-state index in [4.69, 9.17) is 9.47 Å².